The van der Waals surface area contributed by atoms with Crippen LogP contribution in [0, 0.1) is 5.82 Å². The zero-order chi connectivity index (χ0) is 11.4. The molecular weight excluding hydrogens is 215 g/mol. The Morgan fingerprint density at radius 2 is 2.31 bits per heavy atom. The normalized spacial score (nSPS) is 10.4. The Labute approximate surface area is 90.5 Å². The minimum atomic E-state index is -0.532. The SMILES string of the molecule is OCc1ccc(OCc2ncon2)c(F)c1. The van der Waals surface area contributed by atoms with Crippen molar-refractivity contribution in [3.63, 3.8) is 0 Å². The molecule has 6 heteroatoms. The van der Waals surface area contributed by atoms with Crippen molar-refractivity contribution < 1.29 is 18.8 Å². The molecule has 5 nitrogen and oxygen atoms in total. The van der Waals surface area contributed by atoms with Crippen LogP contribution in [0.2, 0.25) is 0 Å². The smallest absolute Gasteiger partial charge is 0.213 e. The number of rotatable bonds is 4. The lowest BCUT2D eigenvalue weighted by Gasteiger charge is -2.05. The molecule has 0 fully saturated rings. The average Bonchev–Trinajstić information content (AvgIpc) is 2.80. The van der Waals surface area contributed by atoms with Crippen molar-refractivity contribution in [1.82, 2.24) is 10.1 Å². The molecule has 1 heterocycles. The Balaban J connectivity index is 2.04. The lowest BCUT2D eigenvalue weighted by atomic mass is 10.2. The van der Waals surface area contributed by atoms with Crippen molar-refractivity contribution in [3.05, 3.63) is 41.8 Å². The molecule has 0 aliphatic heterocycles. The van der Waals surface area contributed by atoms with Crippen LogP contribution in [0.25, 0.3) is 0 Å². The molecule has 0 spiro atoms. The summed E-state index contributed by atoms with van der Waals surface area (Å²) >= 11 is 0. The summed E-state index contributed by atoms with van der Waals surface area (Å²) < 4.78 is 23.0. The summed E-state index contributed by atoms with van der Waals surface area (Å²) in [7, 11) is 0. The van der Waals surface area contributed by atoms with Crippen molar-refractivity contribution in [2.75, 3.05) is 0 Å². The fraction of sp³-hybridized carbons (Fsp3) is 0.200. The van der Waals surface area contributed by atoms with E-state index in [9.17, 15) is 4.39 Å². The van der Waals surface area contributed by atoms with Gasteiger partial charge in [-0.3, -0.25) is 0 Å². The van der Waals surface area contributed by atoms with Gasteiger partial charge in [-0.1, -0.05) is 11.2 Å². The zero-order valence-corrected chi connectivity index (χ0v) is 8.26. The van der Waals surface area contributed by atoms with Gasteiger partial charge in [0.2, 0.25) is 12.2 Å². The van der Waals surface area contributed by atoms with Gasteiger partial charge < -0.3 is 14.4 Å². The summed E-state index contributed by atoms with van der Waals surface area (Å²) in [5.74, 6) is -0.109. The van der Waals surface area contributed by atoms with E-state index in [4.69, 9.17) is 9.84 Å². The van der Waals surface area contributed by atoms with Gasteiger partial charge in [-0.25, -0.2) is 4.39 Å². The lowest BCUT2D eigenvalue weighted by Crippen LogP contribution is -1.99. The molecule has 16 heavy (non-hydrogen) atoms. The van der Waals surface area contributed by atoms with Crippen LogP contribution in [-0.4, -0.2) is 15.2 Å². The maximum atomic E-state index is 13.4. The number of ether oxygens (including phenoxy) is 1. The molecule has 0 aliphatic rings. The highest BCUT2D eigenvalue weighted by atomic mass is 19.1. The Bertz CT molecular complexity index is 459. The third-order valence-electron chi connectivity index (χ3n) is 1.94. The molecule has 0 saturated carbocycles. The van der Waals surface area contributed by atoms with E-state index in [1.165, 1.54) is 18.5 Å². The predicted octanol–water partition coefficient (Wildman–Crippen LogP) is 1.28. The van der Waals surface area contributed by atoms with Crippen LogP contribution in [0.1, 0.15) is 11.4 Å². The van der Waals surface area contributed by atoms with Crippen LogP contribution >= 0.6 is 0 Å². The Hall–Kier alpha value is -1.95. The summed E-state index contributed by atoms with van der Waals surface area (Å²) in [6.45, 7) is -0.173. The topological polar surface area (TPSA) is 68.4 Å². The van der Waals surface area contributed by atoms with Crippen LogP contribution < -0.4 is 4.74 Å². The zero-order valence-electron chi connectivity index (χ0n) is 8.26. The van der Waals surface area contributed by atoms with Gasteiger partial charge >= 0.3 is 0 Å². The maximum Gasteiger partial charge on any atom is 0.213 e. The fourth-order valence-electron chi connectivity index (χ4n) is 1.16. The molecule has 0 amide bonds. The van der Waals surface area contributed by atoms with Crippen molar-refractivity contribution in [1.29, 1.82) is 0 Å². The Morgan fingerprint density at radius 3 is 2.94 bits per heavy atom. The molecule has 0 saturated heterocycles. The van der Waals surface area contributed by atoms with E-state index < -0.39 is 5.82 Å². The molecule has 1 aromatic carbocycles. The molecule has 2 rings (SSSR count). The van der Waals surface area contributed by atoms with E-state index in [0.29, 0.717) is 11.4 Å². The first kappa shape index (κ1) is 10.6. The maximum absolute atomic E-state index is 13.4. The highest BCUT2D eigenvalue weighted by Crippen LogP contribution is 2.19. The average molecular weight is 224 g/mol. The predicted molar refractivity (Wildman–Crippen MR) is 51.0 cm³/mol. The summed E-state index contributed by atoms with van der Waals surface area (Å²) in [6.07, 6.45) is 1.17. The van der Waals surface area contributed by atoms with E-state index in [0.717, 1.165) is 0 Å². The van der Waals surface area contributed by atoms with Crippen LogP contribution in [0.3, 0.4) is 0 Å². The van der Waals surface area contributed by atoms with E-state index in [-0.39, 0.29) is 19.0 Å². The third kappa shape index (κ3) is 2.34. The molecule has 0 unspecified atom stereocenters. The molecule has 1 N–H and O–H groups in total. The van der Waals surface area contributed by atoms with Crippen molar-refractivity contribution in [2.24, 2.45) is 0 Å². The largest absolute Gasteiger partial charge is 0.482 e. The molecule has 1 aromatic heterocycles. The van der Waals surface area contributed by atoms with Crippen molar-refractivity contribution >= 4 is 0 Å². The lowest BCUT2D eigenvalue weighted by molar-refractivity contribution is 0.269. The van der Waals surface area contributed by atoms with Gasteiger partial charge in [0.1, 0.15) is 0 Å². The van der Waals surface area contributed by atoms with Crippen LogP contribution in [0.15, 0.2) is 29.1 Å². The second-order valence-electron chi connectivity index (χ2n) is 3.06. The fourth-order valence-corrected chi connectivity index (χ4v) is 1.16. The minimum absolute atomic E-state index is 0.0336. The summed E-state index contributed by atoms with van der Waals surface area (Å²) in [4.78, 5) is 3.73. The van der Waals surface area contributed by atoms with Gasteiger partial charge in [-0.2, -0.15) is 4.98 Å². The molecule has 2 aromatic rings. The number of hydrogen-bond acceptors (Lipinski definition) is 5. The highest BCUT2D eigenvalue weighted by Gasteiger charge is 2.06. The summed E-state index contributed by atoms with van der Waals surface area (Å²) in [5.41, 5.74) is 0.490. The summed E-state index contributed by atoms with van der Waals surface area (Å²) in [5, 5.41) is 12.3. The molecule has 0 aliphatic carbocycles. The standard InChI is InChI=1S/C10H9FN2O3/c11-8-3-7(4-14)1-2-9(8)15-5-10-12-6-16-13-10/h1-3,6,14H,4-5H2. The first-order valence-corrected chi connectivity index (χ1v) is 4.57. The van der Waals surface area contributed by atoms with E-state index in [2.05, 4.69) is 14.7 Å². The number of benzene rings is 1. The third-order valence-corrected chi connectivity index (χ3v) is 1.94. The van der Waals surface area contributed by atoms with E-state index in [1.54, 1.807) is 6.07 Å². The second kappa shape index (κ2) is 4.71. The van der Waals surface area contributed by atoms with E-state index >= 15 is 0 Å². The van der Waals surface area contributed by atoms with Gasteiger partial charge in [-0.15, -0.1) is 0 Å². The Morgan fingerprint density at radius 1 is 1.44 bits per heavy atom. The van der Waals surface area contributed by atoms with Gasteiger partial charge in [0.15, 0.2) is 18.2 Å². The summed E-state index contributed by atoms with van der Waals surface area (Å²) in [6, 6.07) is 4.24. The minimum Gasteiger partial charge on any atom is -0.482 e. The first-order chi connectivity index (χ1) is 7.79. The van der Waals surface area contributed by atoms with Crippen LogP contribution in [0.5, 0.6) is 5.75 Å². The number of aliphatic hydroxyl groups excluding tert-OH is 1. The van der Waals surface area contributed by atoms with Crippen LogP contribution in [0.4, 0.5) is 4.39 Å². The number of nitrogens with zero attached hydrogens (tertiary/aromatic N) is 2. The van der Waals surface area contributed by atoms with Crippen molar-refractivity contribution in [3.8, 4) is 5.75 Å². The van der Waals surface area contributed by atoms with Gasteiger partial charge in [0.05, 0.1) is 6.61 Å². The molecule has 0 atom stereocenters. The monoisotopic (exact) mass is 224 g/mol. The molecule has 0 bridgehead atoms. The van der Waals surface area contributed by atoms with Crippen LogP contribution in [-0.2, 0) is 13.2 Å². The van der Waals surface area contributed by atoms with Gasteiger partial charge in [-0.05, 0) is 17.7 Å². The second-order valence-corrected chi connectivity index (χ2v) is 3.06. The highest BCUT2D eigenvalue weighted by molar-refractivity contribution is 5.28. The van der Waals surface area contributed by atoms with Crippen molar-refractivity contribution in [2.45, 2.75) is 13.2 Å². The number of halogens is 1. The molecular formula is C10H9FN2O3. The molecule has 0 radical (unpaired) electrons. The first-order valence-electron chi connectivity index (χ1n) is 4.57. The van der Waals surface area contributed by atoms with Gasteiger partial charge in [0, 0.05) is 0 Å². The van der Waals surface area contributed by atoms with E-state index in [1.807, 2.05) is 0 Å². The number of aliphatic hydroxyl groups is 1. The quantitative estimate of drug-likeness (QED) is 0.847. The number of hydrogen-bond donors (Lipinski definition) is 1. The molecule has 84 valence electrons. The van der Waals surface area contributed by atoms with Gasteiger partial charge in [0.25, 0.3) is 0 Å². The number of aromatic nitrogens is 2. The Kier molecular flexibility index (Phi) is 3.11.